The van der Waals surface area contributed by atoms with E-state index in [2.05, 4.69) is 20.4 Å². The minimum Gasteiger partial charge on any atom is -0.339 e. The van der Waals surface area contributed by atoms with Crippen LogP contribution >= 0.6 is 0 Å². The smallest absolute Gasteiger partial charge is 0.226 e. The van der Waals surface area contributed by atoms with Gasteiger partial charge in [0.1, 0.15) is 0 Å². The third-order valence-corrected chi connectivity index (χ3v) is 3.76. The highest BCUT2D eigenvalue weighted by atomic mass is 16.5. The molecule has 1 aliphatic rings. The van der Waals surface area contributed by atoms with Crippen LogP contribution in [0.25, 0.3) is 0 Å². The molecule has 2 aromatic heterocycles. The standard InChI is InChI=1S/C15H20N4O/c1-2-13(11-17-7-1)10-14-18-15(20-19-14)4-3-12-5-8-16-9-6-12/h5-6,8-9,13,17H,1-4,7,10-11H2. The highest BCUT2D eigenvalue weighted by Crippen LogP contribution is 2.15. The SMILES string of the molecule is c1cc(CCc2nc(CC3CCCNC3)no2)ccn1. The molecule has 20 heavy (non-hydrogen) atoms. The molecule has 0 aliphatic carbocycles. The van der Waals surface area contributed by atoms with Gasteiger partial charge >= 0.3 is 0 Å². The number of piperidine rings is 1. The summed E-state index contributed by atoms with van der Waals surface area (Å²) in [6.07, 6.45) is 8.75. The van der Waals surface area contributed by atoms with Crippen molar-refractivity contribution in [3.63, 3.8) is 0 Å². The summed E-state index contributed by atoms with van der Waals surface area (Å²) < 4.78 is 5.33. The molecule has 1 aliphatic heterocycles. The lowest BCUT2D eigenvalue weighted by Crippen LogP contribution is -2.31. The molecule has 0 aromatic carbocycles. The quantitative estimate of drug-likeness (QED) is 0.899. The van der Waals surface area contributed by atoms with Gasteiger partial charge in [-0.1, -0.05) is 5.16 Å². The first kappa shape index (κ1) is 13.2. The van der Waals surface area contributed by atoms with Crippen LogP contribution in [0.5, 0.6) is 0 Å². The predicted molar refractivity (Wildman–Crippen MR) is 75.2 cm³/mol. The van der Waals surface area contributed by atoms with Gasteiger partial charge in [0.25, 0.3) is 0 Å². The number of aryl methyl sites for hydroxylation is 2. The topological polar surface area (TPSA) is 63.8 Å². The normalized spacial score (nSPS) is 19.1. The van der Waals surface area contributed by atoms with Crippen molar-refractivity contribution >= 4 is 0 Å². The number of hydrogen-bond acceptors (Lipinski definition) is 5. The van der Waals surface area contributed by atoms with Crippen LogP contribution in [0, 0.1) is 5.92 Å². The first-order valence-electron chi connectivity index (χ1n) is 7.31. The number of nitrogens with one attached hydrogen (secondary N) is 1. The first-order valence-corrected chi connectivity index (χ1v) is 7.31. The van der Waals surface area contributed by atoms with Gasteiger partial charge in [-0.2, -0.15) is 4.98 Å². The molecule has 1 fully saturated rings. The number of nitrogens with zero attached hydrogens (tertiary/aromatic N) is 3. The van der Waals surface area contributed by atoms with Crippen LogP contribution in [0.1, 0.15) is 30.1 Å². The van der Waals surface area contributed by atoms with E-state index in [-0.39, 0.29) is 0 Å². The summed E-state index contributed by atoms with van der Waals surface area (Å²) in [6, 6.07) is 4.04. The molecule has 106 valence electrons. The molecule has 5 nitrogen and oxygen atoms in total. The molecule has 3 rings (SSSR count). The van der Waals surface area contributed by atoms with E-state index in [0.29, 0.717) is 5.92 Å². The molecule has 1 saturated heterocycles. The van der Waals surface area contributed by atoms with Gasteiger partial charge in [0.05, 0.1) is 0 Å². The Bertz CT molecular complexity index is 520. The second kappa shape index (κ2) is 6.61. The highest BCUT2D eigenvalue weighted by Gasteiger charge is 2.16. The second-order valence-corrected chi connectivity index (χ2v) is 5.38. The Hall–Kier alpha value is -1.75. The Labute approximate surface area is 118 Å². The van der Waals surface area contributed by atoms with Crippen LogP contribution < -0.4 is 5.32 Å². The van der Waals surface area contributed by atoms with Crippen LogP contribution in [0.3, 0.4) is 0 Å². The zero-order valence-electron chi connectivity index (χ0n) is 11.6. The average Bonchev–Trinajstić information content (AvgIpc) is 2.95. The van der Waals surface area contributed by atoms with Gasteiger partial charge in [0.15, 0.2) is 5.82 Å². The van der Waals surface area contributed by atoms with Crippen molar-refractivity contribution in [3.05, 3.63) is 41.8 Å². The maximum absolute atomic E-state index is 5.33. The lowest BCUT2D eigenvalue weighted by molar-refractivity contribution is 0.349. The van der Waals surface area contributed by atoms with Crippen LogP contribution in [-0.2, 0) is 19.3 Å². The Balaban J connectivity index is 1.51. The summed E-state index contributed by atoms with van der Waals surface area (Å²) in [4.78, 5) is 8.51. The monoisotopic (exact) mass is 272 g/mol. The van der Waals surface area contributed by atoms with E-state index < -0.39 is 0 Å². The molecule has 0 amide bonds. The predicted octanol–water partition coefficient (Wildman–Crippen LogP) is 1.79. The molecule has 5 heteroatoms. The average molecular weight is 272 g/mol. The maximum Gasteiger partial charge on any atom is 0.226 e. The molecule has 0 bridgehead atoms. The Morgan fingerprint density at radius 1 is 1.25 bits per heavy atom. The summed E-state index contributed by atoms with van der Waals surface area (Å²) in [6.45, 7) is 2.21. The Morgan fingerprint density at radius 3 is 2.95 bits per heavy atom. The molecule has 1 atom stereocenters. The van der Waals surface area contributed by atoms with Gasteiger partial charge in [0, 0.05) is 25.2 Å². The lowest BCUT2D eigenvalue weighted by atomic mass is 9.96. The van der Waals surface area contributed by atoms with Crippen molar-refractivity contribution in [3.8, 4) is 0 Å². The van der Waals surface area contributed by atoms with Crippen LogP contribution in [-0.4, -0.2) is 28.2 Å². The molecule has 1 unspecified atom stereocenters. The molecule has 0 spiro atoms. The zero-order valence-corrected chi connectivity index (χ0v) is 11.6. The van der Waals surface area contributed by atoms with Crippen LogP contribution in [0.2, 0.25) is 0 Å². The van der Waals surface area contributed by atoms with Crippen molar-refractivity contribution in [2.45, 2.75) is 32.1 Å². The van der Waals surface area contributed by atoms with Crippen molar-refractivity contribution in [1.82, 2.24) is 20.4 Å². The fraction of sp³-hybridized carbons (Fsp3) is 0.533. The second-order valence-electron chi connectivity index (χ2n) is 5.38. The number of aromatic nitrogens is 3. The van der Waals surface area contributed by atoms with Gasteiger partial charge in [-0.05, 0) is 56.0 Å². The van der Waals surface area contributed by atoms with Gasteiger partial charge in [-0.15, -0.1) is 0 Å². The summed E-state index contributed by atoms with van der Waals surface area (Å²) >= 11 is 0. The fourth-order valence-corrected chi connectivity index (χ4v) is 2.63. The van der Waals surface area contributed by atoms with E-state index in [1.54, 1.807) is 0 Å². The van der Waals surface area contributed by atoms with E-state index in [4.69, 9.17) is 4.52 Å². The molecule has 1 N–H and O–H groups in total. The highest BCUT2D eigenvalue weighted by molar-refractivity contribution is 5.10. The van der Waals surface area contributed by atoms with Gasteiger partial charge in [-0.25, -0.2) is 0 Å². The third-order valence-electron chi connectivity index (χ3n) is 3.76. The molecular weight excluding hydrogens is 252 g/mol. The minimum atomic E-state index is 0.648. The molecule has 2 aromatic rings. The fourth-order valence-electron chi connectivity index (χ4n) is 2.63. The first-order chi connectivity index (χ1) is 9.90. The number of hydrogen-bond donors (Lipinski definition) is 1. The van der Waals surface area contributed by atoms with E-state index in [9.17, 15) is 0 Å². The molecule has 0 radical (unpaired) electrons. The van der Waals surface area contributed by atoms with E-state index in [1.165, 1.54) is 18.4 Å². The molecule has 0 saturated carbocycles. The van der Waals surface area contributed by atoms with Gasteiger partial charge < -0.3 is 9.84 Å². The Morgan fingerprint density at radius 2 is 2.15 bits per heavy atom. The summed E-state index contributed by atoms with van der Waals surface area (Å²) in [5.74, 6) is 2.23. The number of rotatable bonds is 5. The molecule has 3 heterocycles. The van der Waals surface area contributed by atoms with Crippen molar-refractivity contribution < 1.29 is 4.52 Å². The van der Waals surface area contributed by atoms with Crippen LogP contribution in [0.15, 0.2) is 29.0 Å². The summed E-state index contributed by atoms with van der Waals surface area (Å²) in [5.41, 5.74) is 1.25. The van der Waals surface area contributed by atoms with Gasteiger partial charge in [-0.3, -0.25) is 4.98 Å². The zero-order chi connectivity index (χ0) is 13.6. The summed E-state index contributed by atoms with van der Waals surface area (Å²) in [7, 11) is 0. The maximum atomic E-state index is 5.33. The Kier molecular flexibility index (Phi) is 4.38. The lowest BCUT2D eigenvalue weighted by Gasteiger charge is -2.20. The minimum absolute atomic E-state index is 0.648. The van der Waals surface area contributed by atoms with E-state index in [0.717, 1.165) is 44.1 Å². The van der Waals surface area contributed by atoms with E-state index in [1.807, 2.05) is 24.5 Å². The molecular formula is C15H20N4O. The van der Waals surface area contributed by atoms with Crippen LogP contribution in [0.4, 0.5) is 0 Å². The largest absolute Gasteiger partial charge is 0.339 e. The van der Waals surface area contributed by atoms with E-state index >= 15 is 0 Å². The van der Waals surface area contributed by atoms with Crippen molar-refractivity contribution in [2.24, 2.45) is 5.92 Å². The van der Waals surface area contributed by atoms with Crippen molar-refractivity contribution in [2.75, 3.05) is 13.1 Å². The van der Waals surface area contributed by atoms with Crippen molar-refractivity contribution in [1.29, 1.82) is 0 Å². The summed E-state index contributed by atoms with van der Waals surface area (Å²) in [5, 5.41) is 7.51. The number of pyridine rings is 1. The third kappa shape index (κ3) is 3.63. The van der Waals surface area contributed by atoms with Gasteiger partial charge in [0.2, 0.25) is 5.89 Å².